The minimum Gasteiger partial charge on any atom is -0.311 e. The van der Waals surface area contributed by atoms with E-state index in [9.17, 15) is 0 Å². The lowest BCUT2D eigenvalue weighted by Crippen LogP contribution is -2.82. The molecule has 3 saturated carbocycles. The Morgan fingerprint density at radius 1 is 0.444 bits per heavy atom. The van der Waals surface area contributed by atoms with Crippen LogP contribution in [0.15, 0.2) is 230 Å². The van der Waals surface area contributed by atoms with Gasteiger partial charge in [0.1, 0.15) is 0 Å². The second kappa shape index (κ2) is 17.0. The molecule has 3 fully saturated rings. The predicted octanol–water partition coefficient (Wildman–Crippen LogP) is 16.5. The standard InChI is InChI=1S/C75H63BN4Si/c1-46-16-24-53(25-17-46)77(54-26-18-47(2)19-27-54)58-33-36-65-67(42-58)79(52-12-8-7-9-13-52)69-44-60(81(5)6)45-70-73(69)76(65)66-37-34-59(78(55-28-20-48(3)21-29-55)56-30-22-49(4)23-31-56)43-68(66)80(70)57-32-35-62-61-14-10-11-15-63(61)75(64(62)41-57)71-39-50-38-51-40-72(75)74(50,51)71/h7-37,39,41-45,50-51,72,81H,38,40H2,1-6H3. The summed E-state index contributed by atoms with van der Waals surface area (Å²) in [4.78, 5) is 10.2. The number of fused-ring (bicyclic) bond motifs is 11. The number of allylic oxidation sites excluding steroid dienone is 2. The Kier molecular flexibility index (Phi) is 9.91. The van der Waals surface area contributed by atoms with Gasteiger partial charge in [-0.25, -0.2) is 0 Å². The van der Waals surface area contributed by atoms with Crippen LogP contribution in [0.25, 0.3) is 11.1 Å². The van der Waals surface area contributed by atoms with Crippen molar-refractivity contribution in [2.45, 2.75) is 59.0 Å². The molecule has 0 bridgehead atoms. The smallest absolute Gasteiger partial charge is 0.252 e. The first kappa shape index (κ1) is 47.3. The van der Waals surface area contributed by atoms with Crippen molar-refractivity contribution in [3.63, 3.8) is 0 Å². The topological polar surface area (TPSA) is 13.0 Å². The number of anilines is 12. The molecule has 2 aliphatic heterocycles. The summed E-state index contributed by atoms with van der Waals surface area (Å²) in [5.74, 6) is 2.33. The Balaban J connectivity index is 0.932. The molecule has 0 radical (unpaired) electrons. The summed E-state index contributed by atoms with van der Waals surface area (Å²) < 4.78 is 0. The number of para-hydroxylation sites is 1. The van der Waals surface area contributed by atoms with E-state index in [0.717, 1.165) is 51.6 Å². The molecule has 0 N–H and O–H groups in total. The van der Waals surface area contributed by atoms with Gasteiger partial charge in [0.25, 0.3) is 6.71 Å². The van der Waals surface area contributed by atoms with Crippen LogP contribution in [-0.4, -0.2) is 15.5 Å². The number of nitrogens with zero attached hydrogens (tertiary/aromatic N) is 4. The van der Waals surface area contributed by atoms with Gasteiger partial charge in [-0.05, 0) is 206 Å². The summed E-state index contributed by atoms with van der Waals surface area (Å²) >= 11 is 0. The first-order valence-electron chi connectivity index (χ1n) is 29.5. The molecule has 17 rings (SSSR count). The fourth-order valence-electron chi connectivity index (χ4n) is 16.7. The van der Waals surface area contributed by atoms with E-state index >= 15 is 0 Å². The maximum absolute atomic E-state index is 2.72. The van der Waals surface area contributed by atoms with E-state index in [4.69, 9.17) is 0 Å². The van der Waals surface area contributed by atoms with E-state index in [1.165, 1.54) is 102 Å². The van der Waals surface area contributed by atoms with Gasteiger partial charge in [0.05, 0.1) is 8.80 Å². The van der Waals surface area contributed by atoms with Gasteiger partial charge >= 0.3 is 0 Å². The lowest BCUT2D eigenvalue weighted by atomic mass is 9.16. The molecule has 0 amide bonds. The van der Waals surface area contributed by atoms with Gasteiger partial charge in [-0.15, -0.1) is 0 Å². The molecule has 0 aromatic heterocycles. The summed E-state index contributed by atoms with van der Waals surface area (Å²) in [5, 5.41) is 1.46. The highest BCUT2D eigenvalue weighted by Crippen LogP contribution is 2.92. The Hall–Kier alpha value is -8.58. The molecule has 7 aliphatic rings. The normalized spacial score (nSPS) is 21.2. The number of aryl methyl sites for hydroxylation is 4. The molecule has 4 nitrogen and oxygen atoms in total. The number of hydrogen-bond donors (Lipinski definition) is 0. The molecule has 2 heterocycles. The first-order valence-corrected chi connectivity index (χ1v) is 32.4. The van der Waals surface area contributed by atoms with Crippen LogP contribution in [0.4, 0.5) is 68.2 Å². The molecule has 390 valence electrons. The molecular formula is C75H63BN4Si. The fraction of sp³-hybridized carbons (Fsp3) is 0.173. The minimum absolute atomic E-state index is 0.0516. The van der Waals surface area contributed by atoms with E-state index in [2.05, 4.69) is 285 Å². The molecular weight excluding hydrogens is 996 g/mol. The summed E-state index contributed by atoms with van der Waals surface area (Å²) in [5.41, 5.74) is 31.2. The summed E-state index contributed by atoms with van der Waals surface area (Å²) in [6.07, 6.45) is 5.46. The zero-order valence-electron chi connectivity index (χ0n) is 47.0. The Morgan fingerprint density at radius 2 is 0.926 bits per heavy atom. The van der Waals surface area contributed by atoms with Crippen LogP contribution < -0.4 is 41.2 Å². The van der Waals surface area contributed by atoms with Crippen molar-refractivity contribution in [1.82, 2.24) is 0 Å². The predicted molar refractivity (Wildman–Crippen MR) is 344 cm³/mol. The van der Waals surface area contributed by atoms with Crippen molar-refractivity contribution < 1.29 is 0 Å². The molecule has 81 heavy (non-hydrogen) atoms. The first-order chi connectivity index (χ1) is 39.6. The monoisotopic (exact) mass is 1060 g/mol. The Morgan fingerprint density at radius 3 is 1.42 bits per heavy atom. The van der Waals surface area contributed by atoms with E-state index in [1.807, 2.05) is 0 Å². The van der Waals surface area contributed by atoms with E-state index < -0.39 is 8.80 Å². The Bertz CT molecular complexity index is 4210. The summed E-state index contributed by atoms with van der Waals surface area (Å²) in [6, 6.07) is 84.4. The molecule has 2 spiro atoms. The van der Waals surface area contributed by atoms with Gasteiger partial charge in [-0.3, -0.25) is 0 Å². The number of rotatable bonds is 9. The van der Waals surface area contributed by atoms with Crippen molar-refractivity contribution in [2.75, 3.05) is 19.6 Å². The van der Waals surface area contributed by atoms with Crippen LogP contribution in [0.2, 0.25) is 13.1 Å². The molecule has 10 aromatic carbocycles. The van der Waals surface area contributed by atoms with Gasteiger partial charge in [-0.1, -0.05) is 161 Å². The molecule has 0 saturated heterocycles. The zero-order chi connectivity index (χ0) is 54.2. The lowest BCUT2D eigenvalue weighted by molar-refractivity contribution is -0.255. The summed E-state index contributed by atoms with van der Waals surface area (Å²) in [6.45, 7) is 13.7. The van der Waals surface area contributed by atoms with Crippen LogP contribution in [-0.2, 0) is 5.41 Å². The zero-order valence-corrected chi connectivity index (χ0v) is 48.1. The van der Waals surface area contributed by atoms with Crippen molar-refractivity contribution >= 4 is 105 Å². The average Bonchev–Trinajstić information content (AvgIpc) is 1.58. The van der Waals surface area contributed by atoms with E-state index in [-0.39, 0.29) is 12.1 Å². The van der Waals surface area contributed by atoms with Gasteiger partial charge < -0.3 is 19.6 Å². The van der Waals surface area contributed by atoms with Crippen LogP contribution >= 0.6 is 0 Å². The third kappa shape index (κ3) is 6.32. The largest absolute Gasteiger partial charge is 0.311 e. The van der Waals surface area contributed by atoms with Gasteiger partial charge in [-0.2, -0.15) is 0 Å². The van der Waals surface area contributed by atoms with Crippen LogP contribution in [0.1, 0.15) is 46.2 Å². The van der Waals surface area contributed by atoms with Gasteiger partial charge in [0.15, 0.2) is 0 Å². The third-order valence-electron chi connectivity index (χ3n) is 20.5. The highest BCUT2D eigenvalue weighted by molar-refractivity contribution is 7.00. The summed E-state index contributed by atoms with van der Waals surface area (Å²) in [7, 11) is -1.43. The quantitative estimate of drug-likeness (QED) is 0.105. The van der Waals surface area contributed by atoms with Crippen molar-refractivity contribution in [2.24, 2.45) is 23.2 Å². The van der Waals surface area contributed by atoms with Crippen LogP contribution in [0.5, 0.6) is 0 Å². The number of benzene rings is 10. The lowest BCUT2D eigenvalue weighted by Gasteiger charge is -2.87. The SMILES string of the molecule is Cc1ccc(N(c2ccc(C)cc2)c2ccc3c(c2)N(c2ccccc2)c2cc([SiH](C)C)cc4c2B3c2ccc(N(c3ccc(C)cc3)c3ccc(C)cc3)cc2N4c2ccc3c(c2)C2(C4=CC5CC6CC2C456)c2ccccc2-3)cc1. The number of hydrogen-bond acceptors (Lipinski definition) is 4. The molecule has 5 aliphatic carbocycles. The van der Waals surface area contributed by atoms with E-state index in [1.54, 1.807) is 11.1 Å². The van der Waals surface area contributed by atoms with Crippen molar-refractivity contribution in [3.8, 4) is 11.1 Å². The maximum atomic E-state index is 2.72. The Labute approximate surface area is 479 Å². The van der Waals surface area contributed by atoms with Gasteiger partial charge in [0.2, 0.25) is 0 Å². The van der Waals surface area contributed by atoms with Crippen molar-refractivity contribution in [3.05, 3.63) is 263 Å². The van der Waals surface area contributed by atoms with Crippen LogP contribution in [0, 0.1) is 50.9 Å². The second-order valence-corrected chi connectivity index (χ2v) is 28.0. The highest BCUT2D eigenvalue weighted by Gasteiger charge is 2.87. The highest BCUT2D eigenvalue weighted by atomic mass is 28.3. The third-order valence-corrected chi connectivity index (χ3v) is 22.1. The fourth-order valence-corrected chi connectivity index (χ4v) is 17.7. The molecule has 10 aromatic rings. The molecule has 5 unspecified atom stereocenters. The van der Waals surface area contributed by atoms with Crippen LogP contribution in [0.3, 0.4) is 0 Å². The molecule has 5 atom stereocenters. The second-order valence-electron chi connectivity index (χ2n) is 25.0. The maximum Gasteiger partial charge on any atom is 0.252 e. The average molecular weight is 1060 g/mol. The van der Waals surface area contributed by atoms with E-state index in [0.29, 0.717) is 11.3 Å². The minimum atomic E-state index is -1.43. The van der Waals surface area contributed by atoms with Crippen molar-refractivity contribution in [1.29, 1.82) is 0 Å². The van der Waals surface area contributed by atoms with Gasteiger partial charge in [0, 0.05) is 79.1 Å². The molecule has 6 heteroatoms.